The van der Waals surface area contributed by atoms with E-state index in [1.165, 1.54) is 0 Å². The van der Waals surface area contributed by atoms with Crippen molar-refractivity contribution in [3.63, 3.8) is 0 Å². The van der Waals surface area contributed by atoms with Crippen molar-refractivity contribution in [2.75, 3.05) is 38.6 Å². The molecule has 1 unspecified atom stereocenters. The van der Waals surface area contributed by atoms with Crippen LogP contribution in [0.3, 0.4) is 0 Å². The first-order chi connectivity index (χ1) is 12.8. The second-order valence-corrected chi connectivity index (χ2v) is 6.02. The van der Waals surface area contributed by atoms with E-state index in [0.29, 0.717) is 13.2 Å². The van der Waals surface area contributed by atoms with E-state index < -0.39 is 0 Å². The van der Waals surface area contributed by atoms with Crippen LogP contribution in [0.2, 0.25) is 0 Å². The molecular formula is C20H26N4O2. The summed E-state index contributed by atoms with van der Waals surface area (Å²) in [5.74, 6) is 2.37. The highest BCUT2D eigenvalue weighted by Gasteiger charge is 2.20. The standard InChI is InChI=1S/C20H26N4O2/c1-21-20(23-13-7-12-22-16-8-3-2-4-9-16)24-14-17-15-25-18-10-5-6-11-19(18)26-17/h2-6,8-11,17,22H,7,12-15H2,1H3,(H2,21,23,24). The highest BCUT2D eigenvalue weighted by atomic mass is 16.6. The van der Waals surface area contributed by atoms with Gasteiger partial charge in [0.15, 0.2) is 17.5 Å². The number of fused-ring (bicyclic) bond motifs is 1. The minimum absolute atomic E-state index is 0.0387. The molecule has 1 atom stereocenters. The van der Waals surface area contributed by atoms with Crippen LogP contribution in [0, 0.1) is 0 Å². The van der Waals surface area contributed by atoms with Crippen molar-refractivity contribution in [2.45, 2.75) is 12.5 Å². The number of nitrogens with zero attached hydrogens (tertiary/aromatic N) is 1. The minimum atomic E-state index is -0.0387. The molecule has 26 heavy (non-hydrogen) atoms. The third kappa shape index (κ3) is 5.31. The van der Waals surface area contributed by atoms with Crippen LogP contribution in [-0.2, 0) is 0 Å². The van der Waals surface area contributed by atoms with Gasteiger partial charge in [0.1, 0.15) is 12.7 Å². The number of rotatable bonds is 7. The first-order valence-corrected chi connectivity index (χ1v) is 8.97. The van der Waals surface area contributed by atoms with Gasteiger partial charge in [-0.25, -0.2) is 0 Å². The fourth-order valence-electron chi connectivity index (χ4n) is 2.68. The lowest BCUT2D eigenvalue weighted by Crippen LogP contribution is -2.45. The van der Waals surface area contributed by atoms with Gasteiger partial charge in [-0.2, -0.15) is 0 Å². The zero-order chi connectivity index (χ0) is 18.0. The Morgan fingerprint density at radius 2 is 1.77 bits per heavy atom. The molecule has 0 aromatic heterocycles. The number of hydrogen-bond acceptors (Lipinski definition) is 4. The van der Waals surface area contributed by atoms with Crippen molar-refractivity contribution in [3.8, 4) is 11.5 Å². The monoisotopic (exact) mass is 354 g/mol. The van der Waals surface area contributed by atoms with Gasteiger partial charge in [0.05, 0.1) is 6.54 Å². The molecule has 0 bridgehead atoms. The zero-order valence-corrected chi connectivity index (χ0v) is 15.1. The van der Waals surface area contributed by atoms with E-state index >= 15 is 0 Å². The van der Waals surface area contributed by atoms with Gasteiger partial charge in [-0.3, -0.25) is 4.99 Å². The molecule has 3 rings (SSSR count). The third-order valence-corrected chi connectivity index (χ3v) is 4.04. The van der Waals surface area contributed by atoms with Crippen LogP contribution in [0.4, 0.5) is 5.69 Å². The summed E-state index contributed by atoms with van der Waals surface area (Å²) in [5, 5.41) is 10.0. The summed E-state index contributed by atoms with van der Waals surface area (Å²) in [7, 11) is 1.77. The number of hydrogen-bond donors (Lipinski definition) is 3. The molecule has 0 aliphatic carbocycles. The van der Waals surface area contributed by atoms with E-state index in [2.05, 4.69) is 33.1 Å². The van der Waals surface area contributed by atoms with Gasteiger partial charge >= 0.3 is 0 Å². The topological polar surface area (TPSA) is 66.9 Å². The summed E-state index contributed by atoms with van der Waals surface area (Å²) in [6, 6.07) is 17.9. The van der Waals surface area contributed by atoms with E-state index in [-0.39, 0.29) is 6.10 Å². The molecule has 0 amide bonds. The summed E-state index contributed by atoms with van der Waals surface area (Å²) in [5.41, 5.74) is 1.14. The van der Waals surface area contributed by atoms with Gasteiger partial charge in [-0.15, -0.1) is 0 Å². The van der Waals surface area contributed by atoms with Gasteiger partial charge in [0.25, 0.3) is 0 Å². The normalized spacial score (nSPS) is 16.0. The SMILES string of the molecule is CN=C(NCCCNc1ccccc1)NCC1COc2ccccc2O1. The molecule has 1 aliphatic rings. The quantitative estimate of drug-likeness (QED) is 0.405. The maximum Gasteiger partial charge on any atom is 0.191 e. The maximum atomic E-state index is 5.94. The molecule has 0 spiro atoms. The Kier molecular flexibility index (Phi) is 6.59. The van der Waals surface area contributed by atoms with E-state index in [9.17, 15) is 0 Å². The van der Waals surface area contributed by atoms with Gasteiger partial charge in [0.2, 0.25) is 0 Å². The minimum Gasteiger partial charge on any atom is -0.486 e. The summed E-state index contributed by atoms with van der Waals surface area (Å²) >= 11 is 0. The zero-order valence-electron chi connectivity index (χ0n) is 15.1. The average molecular weight is 354 g/mol. The Labute approximate surface area is 154 Å². The van der Waals surface area contributed by atoms with Crippen LogP contribution >= 0.6 is 0 Å². The predicted molar refractivity (Wildman–Crippen MR) is 105 cm³/mol. The lowest BCUT2D eigenvalue weighted by Gasteiger charge is -2.27. The smallest absolute Gasteiger partial charge is 0.191 e. The molecule has 3 N–H and O–H groups in total. The number of para-hydroxylation sites is 3. The molecule has 2 aromatic rings. The number of ether oxygens (including phenoxy) is 2. The molecule has 1 heterocycles. The Bertz CT molecular complexity index is 706. The van der Waals surface area contributed by atoms with Gasteiger partial charge in [-0.1, -0.05) is 30.3 Å². The van der Waals surface area contributed by atoms with E-state index in [1.54, 1.807) is 7.05 Å². The van der Waals surface area contributed by atoms with Gasteiger partial charge < -0.3 is 25.4 Å². The molecule has 0 fully saturated rings. The van der Waals surface area contributed by atoms with Crippen LogP contribution in [0.15, 0.2) is 59.6 Å². The van der Waals surface area contributed by atoms with Crippen molar-refractivity contribution in [1.29, 1.82) is 0 Å². The molecule has 0 saturated heterocycles. The van der Waals surface area contributed by atoms with Crippen LogP contribution in [0.25, 0.3) is 0 Å². The molecule has 1 aliphatic heterocycles. The highest BCUT2D eigenvalue weighted by Crippen LogP contribution is 2.30. The Morgan fingerprint density at radius 3 is 2.58 bits per heavy atom. The summed E-state index contributed by atoms with van der Waals surface area (Å²) < 4.78 is 11.7. The predicted octanol–water partition coefficient (Wildman–Crippen LogP) is 2.49. The van der Waals surface area contributed by atoms with Crippen LogP contribution in [-0.4, -0.2) is 45.4 Å². The summed E-state index contributed by atoms with van der Waals surface area (Å²) in [4.78, 5) is 4.25. The average Bonchev–Trinajstić information content (AvgIpc) is 2.70. The van der Waals surface area contributed by atoms with E-state index in [0.717, 1.165) is 42.7 Å². The van der Waals surface area contributed by atoms with Gasteiger partial charge in [-0.05, 0) is 30.7 Å². The summed E-state index contributed by atoms with van der Waals surface area (Å²) in [6.07, 6.45) is 0.953. The van der Waals surface area contributed by atoms with Gasteiger partial charge in [0, 0.05) is 25.8 Å². The van der Waals surface area contributed by atoms with E-state index in [1.807, 2.05) is 42.5 Å². The second-order valence-electron chi connectivity index (χ2n) is 6.02. The molecule has 6 nitrogen and oxygen atoms in total. The first-order valence-electron chi connectivity index (χ1n) is 8.97. The Morgan fingerprint density at radius 1 is 1.00 bits per heavy atom. The number of nitrogens with one attached hydrogen (secondary N) is 3. The first kappa shape index (κ1) is 17.9. The second kappa shape index (κ2) is 9.56. The number of aliphatic imine (C=N–C) groups is 1. The molecule has 0 saturated carbocycles. The fourth-order valence-corrected chi connectivity index (χ4v) is 2.68. The lowest BCUT2D eigenvalue weighted by molar-refractivity contribution is 0.0936. The third-order valence-electron chi connectivity index (χ3n) is 4.04. The molecule has 138 valence electrons. The highest BCUT2D eigenvalue weighted by molar-refractivity contribution is 5.79. The largest absolute Gasteiger partial charge is 0.486 e. The molecule has 0 radical (unpaired) electrons. The van der Waals surface area contributed by atoms with Crippen molar-refractivity contribution in [2.24, 2.45) is 4.99 Å². The number of anilines is 1. The number of guanidine groups is 1. The fraction of sp³-hybridized carbons (Fsp3) is 0.350. The van der Waals surface area contributed by atoms with E-state index in [4.69, 9.17) is 9.47 Å². The molecule has 2 aromatic carbocycles. The Balaban J connectivity index is 1.32. The molecular weight excluding hydrogens is 328 g/mol. The van der Waals surface area contributed by atoms with Crippen molar-refractivity contribution >= 4 is 11.6 Å². The van der Waals surface area contributed by atoms with Crippen LogP contribution in [0.5, 0.6) is 11.5 Å². The van der Waals surface area contributed by atoms with Crippen molar-refractivity contribution in [1.82, 2.24) is 10.6 Å². The Hall–Kier alpha value is -2.89. The maximum absolute atomic E-state index is 5.94. The van der Waals surface area contributed by atoms with Crippen molar-refractivity contribution < 1.29 is 9.47 Å². The number of benzene rings is 2. The van der Waals surface area contributed by atoms with Crippen LogP contribution in [0.1, 0.15) is 6.42 Å². The van der Waals surface area contributed by atoms with Crippen LogP contribution < -0.4 is 25.4 Å². The van der Waals surface area contributed by atoms with Crippen molar-refractivity contribution in [3.05, 3.63) is 54.6 Å². The summed E-state index contributed by atoms with van der Waals surface area (Å²) in [6.45, 7) is 2.91. The molecule has 6 heteroatoms. The lowest BCUT2D eigenvalue weighted by atomic mass is 10.2.